The monoisotopic (exact) mass is 431 g/mol. The van der Waals surface area contributed by atoms with Gasteiger partial charge in [0.1, 0.15) is 10.7 Å². The molecule has 0 bridgehead atoms. The number of nitrogens with zero attached hydrogens (tertiary/aromatic N) is 4. The summed E-state index contributed by atoms with van der Waals surface area (Å²) in [5.74, 6) is 0. The van der Waals surface area contributed by atoms with Gasteiger partial charge in [-0.25, -0.2) is 15.0 Å². The van der Waals surface area contributed by atoms with Crippen LogP contribution >= 0.6 is 34.5 Å². The van der Waals surface area contributed by atoms with Crippen LogP contribution in [-0.2, 0) is 6.54 Å². The van der Waals surface area contributed by atoms with Crippen LogP contribution in [0.2, 0.25) is 10.2 Å². The molecular formula is C20H19Cl2N5S. The predicted octanol–water partition coefficient (Wildman–Crippen LogP) is 6.14. The van der Waals surface area contributed by atoms with Crippen LogP contribution in [0, 0.1) is 0 Å². The van der Waals surface area contributed by atoms with Gasteiger partial charge >= 0.3 is 0 Å². The van der Waals surface area contributed by atoms with Crippen LogP contribution < -0.4 is 5.32 Å². The Kier molecular flexibility index (Phi) is 4.87. The highest BCUT2D eigenvalue weighted by Crippen LogP contribution is 2.30. The Morgan fingerprint density at radius 1 is 1.07 bits per heavy atom. The molecule has 1 aromatic carbocycles. The Morgan fingerprint density at radius 2 is 1.93 bits per heavy atom. The highest BCUT2D eigenvalue weighted by molar-refractivity contribution is 7.22. The average Bonchev–Trinajstić information content (AvgIpc) is 3.26. The topological polar surface area (TPSA) is 55.6 Å². The number of hydrogen-bond acceptors (Lipinski definition) is 5. The van der Waals surface area contributed by atoms with E-state index in [9.17, 15) is 0 Å². The van der Waals surface area contributed by atoms with E-state index in [1.165, 1.54) is 42.4 Å². The van der Waals surface area contributed by atoms with Crippen molar-refractivity contribution in [3.05, 3.63) is 46.3 Å². The second-order valence-electron chi connectivity index (χ2n) is 7.28. The lowest BCUT2D eigenvalue weighted by molar-refractivity contribution is 0.462. The van der Waals surface area contributed by atoms with Gasteiger partial charge in [-0.1, -0.05) is 59.9 Å². The van der Waals surface area contributed by atoms with Gasteiger partial charge in [-0.05, 0) is 36.6 Å². The van der Waals surface area contributed by atoms with Crippen molar-refractivity contribution in [3.8, 4) is 0 Å². The first kappa shape index (κ1) is 18.2. The summed E-state index contributed by atoms with van der Waals surface area (Å²) in [5, 5.41) is 5.37. The predicted molar refractivity (Wildman–Crippen MR) is 117 cm³/mol. The number of nitrogens with one attached hydrogen (secondary N) is 1. The number of imidazole rings is 1. The Balaban J connectivity index is 1.40. The summed E-state index contributed by atoms with van der Waals surface area (Å²) in [4.78, 5) is 13.5. The number of anilines is 1. The molecule has 1 fully saturated rings. The van der Waals surface area contributed by atoms with Crippen LogP contribution in [0.1, 0.15) is 37.7 Å². The van der Waals surface area contributed by atoms with Crippen LogP contribution in [0.5, 0.6) is 0 Å². The number of benzene rings is 1. The van der Waals surface area contributed by atoms with Crippen molar-refractivity contribution < 1.29 is 0 Å². The molecule has 1 aliphatic rings. The smallest absolute Gasteiger partial charge is 0.184 e. The van der Waals surface area contributed by atoms with E-state index in [1.807, 2.05) is 4.57 Å². The van der Waals surface area contributed by atoms with Crippen LogP contribution in [-0.4, -0.2) is 25.6 Å². The first-order valence-corrected chi connectivity index (χ1v) is 11.1. The molecule has 0 atom stereocenters. The maximum Gasteiger partial charge on any atom is 0.184 e. The third-order valence-corrected chi connectivity index (χ3v) is 6.86. The molecule has 1 saturated carbocycles. The number of hydrogen-bond donors (Lipinski definition) is 1. The van der Waals surface area contributed by atoms with E-state index < -0.39 is 0 Å². The van der Waals surface area contributed by atoms with Crippen molar-refractivity contribution in [2.75, 3.05) is 5.32 Å². The molecule has 3 heterocycles. The van der Waals surface area contributed by atoms with Crippen molar-refractivity contribution in [3.63, 3.8) is 0 Å². The second kappa shape index (κ2) is 7.50. The molecule has 5 nitrogen and oxygen atoms in total. The van der Waals surface area contributed by atoms with Gasteiger partial charge in [-0.3, -0.25) is 0 Å². The van der Waals surface area contributed by atoms with Gasteiger partial charge in [0.05, 0.1) is 28.1 Å². The van der Waals surface area contributed by atoms with E-state index in [1.54, 1.807) is 23.7 Å². The van der Waals surface area contributed by atoms with Crippen molar-refractivity contribution in [1.82, 2.24) is 19.5 Å². The van der Waals surface area contributed by atoms with Crippen LogP contribution in [0.3, 0.4) is 0 Å². The molecular weight excluding hydrogens is 413 g/mol. The van der Waals surface area contributed by atoms with E-state index in [-0.39, 0.29) is 0 Å². The molecule has 4 aromatic rings. The second-order valence-corrected chi connectivity index (χ2v) is 9.07. The molecule has 0 unspecified atom stereocenters. The minimum atomic E-state index is 0.298. The third kappa shape index (κ3) is 3.56. The van der Waals surface area contributed by atoms with E-state index >= 15 is 0 Å². The lowest BCUT2D eigenvalue weighted by Crippen LogP contribution is -2.21. The SMILES string of the molecule is Clc1cc2ncn(Cc3ccc4nc(NC5CCCCC5)sc4c3)c2nc1Cl. The van der Waals surface area contributed by atoms with Gasteiger partial charge in [-0.15, -0.1) is 0 Å². The quantitative estimate of drug-likeness (QED) is 0.394. The Morgan fingerprint density at radius 3 is 2.79 bits per heavy atom. The molecule has 0 aliphatic heterocycles. The number of thiazole rings is 1. The zero-order valence-electron chi connectivity index (χ0n) is 15.2. The van der Waals surface area contributed by atoms with Crippen LogP contribution in [0.15, 0.2) is 30.6 Å². The molecule has 0 saturated heterocycles. The molecule has 1 N–H and O–H groups in total. The lowest BCUT2D eigenvalue weighted by atomic mass is 9.96. The molecule has 1 aliphatic carbocycles. The fourth-order valence-corrected chi connectivity index (χ4v) is 5.09. The lowest BCUT2D eigenvalue weighted by Gasteiger charge is -2.22. The van der Waals surface area contributed by atoms with Crippen molar-refractivity contribution in [2.45, 2.75) is 44.7 Å². The highest BCUT2D eigenvalue weighted by atomic mass is 35.5. The normalized spacial score (nSPS) is 15.5. The maximum absolute atomic E-state index is 6.08. The highest BCUT2D eigenvalue weighted by Gasteiger charge is 2.15. The average molecular weight is 432 g/mol. The molecule has 28 heavy (non-hydrogen) atoms. The van der Waals surface area contributed by atoms with Gasteiger partial charge in [0.2, 0.25) is 0 Å². The molecule has 0 radical (unpaired) electrons. The molecule has 144 valence electrons. The summed E-state index contributed by atoms with van der Waals surface area (Å²) in [6.07, 6.45) is 8.25. The van der Waals surface area contributed by atoms with E-state index in [2.05, 4.69) is 33.5 Å². The zero-order valence-corrected chi connectivity index (χ0v) is 17.5. The van der Waals surface area contributed by atoms with Crippen LogP contribution in [0.4, 0.5) is 5.13 Å². The molecule has 0 amide bonds. The Bertz CT molecular complexity index is 1150. The van der Waals surface area contributed by atoms with Gasteiger partial charge in [0.15, 0.2) is 10.8 Å². The summed E-state index contributed by atoms with van der Waals surface area (Å²) in [6, 6.07) is 8.70. The molecule has 8 heteroatoms. The van der Waals surface area contributed by atoms with Crippen molar-refractivity contribution in [1.29, 1.82) is 0 Å². The van der Waals surface area contributed by atoms with Crippen molar-refractivity contribution in [2.24, 2.45) is 0 Å². The number of pyridine rings is 1. The Labute approximate surface area is 176 Å². The first-order valence-electron chi connectivity index (χ1n) is 9.48. The van der Waals surface area contributed by atoms with E-state index in [0.29, 0.717) is 22.8 Å². The third-order valence-electron chi connectivity index (χ3n) is 5.24. The molecule has 3 aromatic heterocycles. The van der Waals surface area contributed by atoms with E-state index in [0.717, 1.165) is 21.8 Å². The van der Waals surface area contributed by atoms with Gasteiger partial charge < -0.3 is 9.88 Å². The zero-order chi connectivity index (χ0) is 19.1. The number of halogens is 2. The van der Waals surface area contributed by atoms with Gasteiger partial charge in [0, 0.05) is 6.04 Å². The van der Waals surface area contributed by atoms with Crippen LogP contribution in [0.25, 0.3) is 21.4 Å². The molecule has 0 spiro atoms. The summed E-state index contributed by atoms with van der Waals surface area (Å²) >= 11 is 13.8. The summed E-state index contributed by atoms with van der Waals surface area (Å²) in [6.45, 7) is 0.667. The number of fused-ring (bicyclic) bond motifs is 2. The fourth-order valence-electron chi connectivity index (χ4n) is 3.80. The van der Waals surface area contributed by atoms with Crippen molar-refractivity contribution >= 4 is 61.1 Å². The minimum absolute atomic E-state index is 0.298. The maximum atomic E-state index is 6.08. The summed E-state index contributed by atoms with van der Waals surface area (Å²) < 4.78 is 3.18. The summed E-state index contributed by atoms with van der Waals surface area (Å²) in [7, 11) is 0. The minimum Gasteiger partial charge on any atom is -0.359 e. The number of aromatic nitrogens is 4. The summed E-state index contributed by atoms with van der Waals surface area (Å²) in [5.41, 5.74) is 3.69. The fraction of sp³-hybridized carbons (Fsp3) is 0.350. The first-order chi connectivity index (χ1) is 13.7. The largest absolute Gasteiger partial charge is 0.359 e. The van der Waals surface area contributed by atoms with E-state index in [4.69, 9.17) is 28.2 Å². The standard InChI is InChI=1S/C20H19Cl2N5S/c21-14-9-16-19(26-18(14)22)27(11-23-16)10-12-6-7-15-17(8-12)28-20(25-15)24-13-4-2-1-3-5-13/h6-9,11,13H,1-5,10H2,(H,24,25). The Hall–Kier alpha value is -1.89. The van der Waals surface area contributed by atoms with Gasteiger partial charge in [-0.2, -0.15) is 0 Å². The number of rotatable bonds is 4. The van der Waals surface area contributed by atoms with Gasteiger partial charge in [0.25, 0.3) is 0 Å². The molecule has 5 rings (SSSR count).